The van der Waals surface area contributed by atoms with Crippen LogP contribution in [0.3, 0.4) is 0 Å². The number of piperazine rings is 1. The number of carbonyl (C=O) groups is 1. The van der Waals surface area contributed by atoms with Gasteiger partial charge in [-0.3, -0.25) is 4.79 Å². The number of rotatable bonds is 2. The van der Waals surface area contributed by atoms with Crippen LogP contribution in [-0.2, 0) is 0 Å². The third kappa shape index (κ3) is 3.08. The molecule has 2 aromatic carbocycles. The van der Waals surface area contributed by atoms with Crippen molar-refractivity contribution in [2.24, 2.45) is 0 Å². The molecule has 1 saturated heterocycles. The first kappa shape index (κ1) is 15.2. The molecule has 3 N–H and O–H groups in total. The maximum absolute atomic E-state index is 12.7. The van der Waals surface area contributed by atoms with Crippen molar-refractivity contribution in [3.05, 3.63) is 53.6 Å². The molecule has 120 valence electrons. The molecule has 5 heteroatoms. The number of para-hydroxylation sites is 2. The average Bonchev–Trinajstić information content (AvgIpc) is 2.57. The Morgan fingerprint density at radius 2 is 1.78 bits per heavy atom. The summed E-state index contributed by atoms with van der Waals surface area (Å²) < 4.78 is 0. The van der Waals surface area contributed by atoms with Gasteiger partial charge in [-0.15, -0.1) is 0 Å². The summed E-state index contributed by atoms with van der Waals surface area (Å²) in [7, 11) is 0. The zero-order valence-corrected chi connectivity index (χ0v) is 13.2. The molecule has 1 aliphatic rings. The highest BCUT2D eigenvalue weighted by molar-refractivity contribution is 5.96. The summed E-state index contributed by atoms with van der Waals surface area (Å²) in [6, 6.07) is 12.7. The van der Waals surface area contributed by atoms with Crippen LogP contribution in [-0.4, -0.2) is 42.1 Å². The van der Waals surface area contributed by atoms with Crippen LogP contribution in [0.25, 0.3) is 0 Å². The Labute approximate surface area is 135 Å². The fraction of sp³-hybridized carbons (Fsp3) is 0.278. The van der Waals surface area contributed by atoms with Crippen molar-refractivity contribution < 1.29 is 9.90 Å². The average molecular weight is 311 g/mol. The molecule has 0 radical (unpaired) electrons. The first-order valence-corrected chi connectivity index (χ1v) is 7.74. The first-order valence-electron chi connectivity index (χ1n) is 7.74. The Bertz CT molecular complexity index is 722. The molecule has 0 aliphatic carbocycles. The number of anilines is 2. The van der Waals surface area contributed by atoms with Gasteiger partial charge < -0.3 is 20.6 Å². The molecule has 3 rings (SSSR count). The maximum Gasteiger partial charge on any atom is 0.254 e. The Kier molecular flexibility index (Phi) is 4.10. The van der Waals surface area contributed by atoms with Crippen LogP contribution >= 0.6 is 0 Å². The van der Waals surface area contributed by atoms with Gasteiger partial charge in [-0.2, -0.15) is 0 Å². The van der Waals surface area contributed by atoms with E-state index in [1.165, 1.54) is 0 Å². The van der Waals surface area contributed by atoms with E-state index in [-0.39, 0.29) is 11.7 Å². The maximum atomic E-state index is 12.7. The summed E-state index contributed by atoms with van der Waals surface area (Å²) in [5, 5.41) is 9.95. The van der Waals surface area contributed by atoms with Gasteiger partial charge >= 0.3 is 0 Å². The van der Waals surface area contributed by atoms with E-state index in [1.54, 1.807) is 18.2 Å². The number of phenolic OH excluding ortho intramolecular Hbond substituents is 1. The lowest BCUT2D eigenvalue weighted by molar-refractivity contribution is 0.0746. The fourth-order valence-corrected chi connectivity index (χ4v) is 2.92. The van der Waals surface area contributed by atoms with Gasteiger partial charge in [-0.05, 0) is 36.8 Å². The van der Waals surface area contributed by atoms with Crippen molar-refractivity contribution in [3.8, 4) is 5.75 Å². The van der Waals surface area contributed by atoms with Crippen LogP contribution in [0.5, 0.6) is 5.75 Å². The number of aryl methyl sites for hydroxylation is 1. The number of phenols is 1. The van der Waals surface area contributed by atoms with Crippen molar-refractivity contribution >= 4 is 17.3 Å². The predicted octanol–water partition coefficient (Wildman–Crippen LogP) is 2.25. The van der Waals surface area contributed by atoms with E-state index in [4.69, 9.17) is 5.73 Å². The topological polar surface area (TPSA) is 69.8 Å². The molecule has 0 aromatic heterocycles. The number of carbonyl (C=O) groups excluding carboxylic acids is 1. The van der Waals surface area contributed by atoms with Crippen LogP contribution in [0.1, 0.15) is 15.9 Å². The van der Waals surface area contributed by atoms with Crippen molar-refractivity contribution in [3.63, 3.8) is 0 Å². The minimum absolute atomic E-state index is 0.0201. The van der Waals surface area contributed by atoms with Crippen LogP contribution in [0.4, 0.5) is 11.4 Å². The van der Waals surface area contributed by atoms with E-state index < -0.39 is 0 Å². The lowest BCUT2D eigenvalue weighted by Gasteiger charge is -2.36. The molecule has 2 aromatic rings. The molecule has 1 aliphatic heterocycles. The van der Waals surface area contributed by atoms with Crippen LogP contribution in [0.2, 0.25) is 0 Å². The number of nitrogens with two attached hydrogens (primary N) is 1. The van der Waals surface area contributed by atoms with E-state index in [0.717, 1.165) is 11.3 Å². The van der Waals surface area contributed by atoms with Crippen molar-refractivity contribution in [1.82, 2.24) is 4.90 Å². The fourth-order valence-electron chi connectivity index (χ4n) is 2.92. The summed E-state index contributed by atoms with van der Waals surface area (Å²) in [6.45, 7) is 4.57. The lowest BCUT2D eigenvalue weighted by Crippen LogP contribution is -2.49. The molecule has 5 nitrogen and oxygen atoms in total. The number of amides is 1. The van der Waals surface area contributed by atoms with Crippen LogP contribution < -0.4 is 10.6 Å². The van der Waals surface area contributed by atoms with E-state index in [9.17, 15) is 9.90 Å². The molecular weight excluding hydrogens is 290 g/mol. The third-order valence-corrected chi connectivity index (χ3v) is 4.28. The van der Waals surface area contributed by atoms with E-state index >= 15 is 0 Å². The highest BCUT2D eigenvalue weighted by Gasteiger charge is 2.24. The first-order chi connectivity index (χ1) is 11.1. The minimum Gasteiger partial charge on any atom is -0.506 e. The number of hydrogen-bond donors (Lipinski definition) is 2. The van der Waals surface area contributed by atoms with Gasteiger partial charge in [0.1, 0.15) is 5.75 Å². The smallest absolute Gasteiger partial charge is 0.254 e. The Balaban J connectivity index is 1.70. The summed E-state index contributed by atoms with van der Waals surface area (Å²) in [5.41, 5.74) is 8.83. The molecule has 0 bridgehead atoms. The standard InChI is InChI=1S/C18H21N3O2/c1-13-6-7-14(19)12-15(13)18(23)21-10-8-20(9-11-21)16-4-2-3-5-17(16)22/h2-7,12,22H,8-11,19H2,1H3. The van der Waals surface area contributed by atoms with E-state index in [2.05, 4.69) is 4.90 Å². The monoisotopic (exact) mass is 311 g/mol. The van der Waals surface area contributed by atoms with Gasteiger partial charge in [-0.1, -0.05) is 18.2 Å². The molecule has 1 fully saturated rings. The number of hydrogen-bond acceptors (Lipinski definition) is 4. The molecular formula is C18H21N3O2. The summed E-state index contributed by atoms with van der Waals surface area (Å²) in [6.07, 6.45) is 0. The number of benzene rings is 2. The third-order valence-electron chi connectivity index (χ3n) is 4.28. The zero-order valence-electron chi connectivity index (χ0n) is 13.2. The zero-order chi connectivity index (χ0) is 16.4. The molecule has 0 unspecified atom stereocenters. The Morgan fingerprint density at radius 1 is 1.09 bits per heavy atom. The predicted molar refractivity (Wildman–Crippen MR) is 91.8 cm³/mol. The summed E-state index contributed by atoms with van der Waals surface area (Å²) in [4.78, 5) is 16.6. The number of nitrogens with zero attached hydrogens (tertiary/aromatic N) is 2. The molecule has 1 heterocycles. The second-order valence-corrected chi connectivity index (χ2v) is 5.84. The SMILES string of the molecule is Cc1ccc(N)cc1C(=O)N1CCN(c2ccccc2O)CC1. The van der Waals surface area contributed by atoms with Gasteiger partial charge in [0.25, 0.3) is 5.91 Å². The molecule has 0 atom stereocenters. The molecule has 0 saturated carbocycles. The van der Waals surface area contributed by atoms with E-state index in [1.807, 2.05) is 36.1 Å². The summed E-state index contributed by atoms with van der Waals surface area (Å²) >= 11 is 0. The normalized spacial score (nSPS) is 14.8. The van der Waals surface area contributed by atoms with Gasteiger partial charge in [0.15, 0.2) is 0 Å². The van der Waals surface area contributed by atoms with Crippen LogP contribution in [0, 0.1) is 6.92 Å². The highest BCUT2D eigenvalue weighted by Crippen LogP contribution is 2.27. The molecule has 0 spiro atoms. The largest absolute Gasteiger partial charge is 0.506 e. The minimum atomic E-state index is 0.0201. The Hall–Kier alpha value is -2.69. The van der Waals surface area contributed by atoms with Gasteiger partial charge in [-0.25, -0.2) is 0 Å². The van der Waals surface area contributed by atoms with Gasteiger partial charge in [0.2, 0.25) is 0 Å². The second-order valence-electron chi connectivity index (χ2n) is 5.84. The summed E-state index contributed by atoms with van der Waals surface area (Å²) in [5.74, 6) is 0.297. The number of aromatic hydroxyl groups is 1. The van der Waals surface area contributed by atoms with Crippen LogP contribution in [0.15, 0.2) is 42.5 Å². The van der Waals surface area contributed by atoms with Gasteiger partial charge in [0.05, 0.1) is 5.69 Å². The highest BCUT2D eigenvalue weighted by atomic mass is 16.3. The molecule has 1 amide bonds. The lowest BCUT2D eigenvalue weighted by atomic mass is 10.1. The molecule has 23 heavy (non-hydrogen) atoms. The quantitative estimate of drug-likeness (QED) is 0.835. The van der Waals surface area contributed by atoms with Gasteiger partial charge in [0, 0.05) is 37.4 Å². The number of nitrogen functional groups attached to an aromatic ring is 1. The van der Waals surface area contributed by atoms with Crippen molar-refractivity contribution in [2.45, 2.75) is 6.92 Å². The van der Waals surface area contributed by atoms with Crippen molar-refractivity contribution in [1.29, 1.82) is 0 Å². The van der Waals surface area contributed by atoms with Crippen molar-refractivity contribution in [2.75, 3.05) is 36.8 Å². The van der Waals surface area contributed by atoms with E-state index in [0.29, 0.717) is 37.4 Å². The Morgan fingerprint density at radius 3 is 2.48 bits per heavy atom. The second kappa shape index (κ2) is 6.20.